The molecule has 1 N–H and O–H groups in total. The first-order valence-electron chi connectivity index (χ1n) is 6.63. The number of carbonyl (C=O) groups is 2. The number of anilines is 1. The molecule has 0 aliphatic rings. The second-order valence-electron chi connectivity index (χ2n) is 5.12. The lowest BCUT2D eigenvalue weighted by Crippen LogP contribution is -2.43. The van der Waals surface area contributed by atoms with E-state index >= 15 is 0 Å². The van der Waals surface area contributed by atoms with Crippen molar-refractivity contribution < 1.29 is 18.0 Å². The fourth-order valence-corrected chi connectivity index (χ4v) is 2.66. The van der Waals surface area contributed by atoms with Crippen LogP contribution < -0.4 is 9.62 Å². The molecule has 1 aromatic carbocycles. The molecule has 8 heteroatoms. The minimum Gasteiger partial charge on any atom is -0.347 e. The van der Waals surface area contributed by atoms with Crippen molar-refractivity contribution in [1.82, 2.24) is 10.2 Å². The van der Waals surface area contributed by atoms with Crippen molar-refractivity contribution in [2.45, 2.75) is 6.92 Å². The van der Waals surface area contributed by atoms with E-state index in [2.05, 4.69) is 5.32 Å². The third-order valence-electron chi connectivity index (χ3n) is 3.01. The van der Waals surface area contributed by atoms with Gasteiger partial charge < -0.3 is 10.2 Å². The van der Waals surface area contributed by atoms with Gasteiger partial charge in [-0.25, -0.2) is 8.42 Å². The zero-order valence-corrected chi connectivity index (χ0v) is 14.0. The molecule has 7 nitrogen and oxygen atoms in total. The zero-order valence-electron chi connectivity index (χ0n) is 13.2. The summed E-state index contributed by atoms with van der Waals surface area (Å²) >= 11 is 0. The lowest BCUT2D eigenvalue weighted by atomic mass is 10.2. The van der Waals surface area contributed by atoms with Crippen molar-refractivity contribution in [3.63, 3.8) is 0 Å². The number of sulfonamides is 1. The molecule has 122 valence electrons. The van der Waals surface area contributed by atoms with Gasteiger partial charge in [0.1, 0.15) is 6.54 Å². The number of nitrogens with one attached hydrogen (secondary N) is 1. The van der Waals surface area contributed by atoms with Crippen LogP contribution in [0.2, 0.25) is 0 Å². The number of likely N-dealkylation sites (N-methyl/N-ethyl adjacent to an activating group) is 1. The fourth-order valence-electron chi connectivity index (χ4n) is 1.74. The Labute approximate surface area is 131 Å². The van der Waals surface area contributed by atoms with Gasteiger partial charge in [-0.3, -0.25) is 13.9 Å². The number of hydrogen-bond donors (Lipinski definition) is 1. The SMILES string of the molecule is Cc1ccccc1N(CC(=O)NCC(=O)N(C)C)S(C)(=O)=O. The van der Waals surface area contributed by atoms with Gasteiger partial charge in [0.25, 0.3) is 0 Å². The van der Waals surface area contributed by atoms with E-state index in [0.717, 1.165) is 16.1 Å². The van der Waals surface area contributed by atoms with Gasteiger partial charge in [0, 0.05) is 14.1 Å². The van der Waals surface area contributed by atoms with Gasteiger partial charge in [0.15, 0.2) is 0 Å². The van der Waals surface area contributed by atoms with E-state index in [1.54, 1.807) is 45.3 Å². The molecule has 0 saturated carbocycles. The van der Waals surface area contributed by atoms with E-state index in [9.17, 15) is 18.0 Å². The lowest BCUT2D eigenvalue weighted by molar-refractivity contribution is -0.130. The highest BCUT2D eigenvalue weighted by molar-refractivity contribution is 7.92. The number of nitrogens with zero attached hydrogens (tertiary/aromatic N) is 2. The average Bonchev–Trinajstić information content (AvgIpc) is 2.41. The Balaban J connectivity index is 2.87. The molecule has 0 radical (unpaired) electrons. The van der Waals surface area contributed by atoms with Crippen molar-refractivity contribution in [1.29, 1.82) is 0 Å². The average molecular weight is 327 g/mol. The number of para-hydroxylation sites is 1. The maximum absolute atomic E-state index is 11.9. The molecule has 0 aliphatic heterocycles. The number of aryl methyl sites for hydroxylation is 1. The highest BCUT2D eigenvalue weighted by atomic mass is 32.2. The summed E-state index contributed by atoms with van der Waals surface area (Å²) in [6.07, 6.45) is 1.04. The van der Waals surface area contributed by atoms with Gasteiger partial charge in [-0.05, 0) is 18.6 Å². The van der Waals surface area contributed by atoms with Crippen LogP contribution in [0, 0.1) is 6.92 Å². The maximum Gasteiger partial charge on any atom is 0.241 e. The summed E-state index contributed by atoms with van der Waals surface area (Å²) in [5.41, 5.74) is 1.18. The van der Waals surface area contributed by atoms with Crippen molar-refractivity contribution >= 4 is 27.5 Å². The van der Waals surface area contributed by atoms with Crippen molar-refractivity contribution in [3.05, 3.63) is 29.8 Å². The topological polar surface area (TPSA) is 86.8 Å². The second kappa shape index (κ2) is 7.26. The quantitative estimate of drug-likeness (QED) is 0.794. The standard InChI is InChI=1S/C14H21N3O4S/c1-11-7-5-6-8-12(11)17(22(4,20)21)10-13(18)15-9-14(19)16(2)3/h5-8H,9-10H2,1-4H3,(H,15,18). The van der Waals surface area contributed by atoms with Crippen LogP contribution in [-0.4, -0.2) is 58.6 Å². The molecule has 0 saturated heterocycles. The number of rotatable bonds is 6. The van der Waals surface area contributed by atoms with Crippen LogP contribution in [0.4, 0.5) is 5.69 Å². The van der Waals surface area contributed by atoms with Gasteiger partial charge in [0.05, 0.1) is 18.5 Å². The molecule has 0 unspecified atom stereocenters. The Kier molecular flexibility index (Phi) is 5.92. The van der Waals surface area contributed by atoms with Crippen LogP contribution in [0.25, 0.3) is 0 Å². The third kappa shape index (κ3) is 5.03. The summed E-state index contributed by atoms with van der Waals surface area (Å²) in [4.78, 5) is 24.7. The first-order valence-corrected chi connectivity index (χ1v) is 8.48. The first kappa shape index (κ1) is 18.0. The first-order chi connectivity index (χ1) is 10.1. The van der Waals surface area contributed by atoms with E-state index < -0.39 is 15.9 Å². The number of carbonyl (C=O) groups excluding carboxylic acids is 2. The molecule has 0 aromatic heterocycles. The summed E-state index contributed by atoms with van der Waals surface area (Å²) in [6, 6.07) is 6.89. The van der Waals surface area contributed by atoms with Crippen LogP contribution in [0.15, 0.2) is 24.3 Å². The Morgan fingerprint density at radius 2 is 1.77 bits per heavy atom. The molecule has 1 rings (SSSR count). The molecular formula is C14H21N3O4S. The second-order valence-corrected chi connectivity index (χ2v) is 7.03. The molecule has 1 aromatic rings. The smallest absolute Gasteiger partial charge is 0.241 e. The summed E-state index contributed by atoms with van der Waals surface area (Å²) < 4.78 is 24.9. The van der Waals surface area contributed by atoms with Crippen LogP contribution in [-0.2, 0) is 19.6 Å². The summed E-state index contributed by atoms with van der Waals surface area (Å²) in [7, 11) is -0.465. The van der Waals surface area contributed by atoms with Crippen LogP contribution in [0.3, 0.4) is 0 Å². The highest BCUT2D eigenvalue weighted by Crippen LogP contribution is 2.21. The molecule has 0 fully saturated rings. The summed E-state index contributed by atoms with van der Waals surface area (Å²) in [6.45, 7) is 1.22. The third-order valence-corrected chi connectivity index (χ3v) is 4.13. The molecular weight excluding hydrogens is 306 g/mol. The van der Waals surface area contributed by atoms with Gasteiger partial charge in [-0.2, -0.15) is 0 Å². The molecule has 0 aliphatic carbocycles. The Hall–Kier alpha value is -2.09. The molecule has 0 bridgehead atoms. The minimum atomic E-state index is -3.61. The highest BCUT2D eigenvalue weighted by Gasteiger charge is 2.22. The van der Waals surface area contributed by atoms with Crippen molar-refractivity contribution in [2.24, 2.45) is 0 Å². The molecule has 22 heavy (non-hydrogen) atoms. The van der Waals surface area contributed by atoms with E-state index in [0.29, 0.717) is 5.69 Å². The maximum atomic E-state index is 11.9. The van der Waals surface area contributed by atoms with Gasteiger partial charge in [-0.15, -0.1) is 0 Å². The van der Waals surface area contributed by atoms with Crippen LogP contribution >= 0.6 is 0 Å². The normalized spacial score (nSPS) is 10.9. The van der Waals surface area contributed by atoms with Crippen molar-refractivity contribution in [3.8, 4) is 0 Å². The molecule has 2 amide bonds. The molecule has 0 spiro atoms. The van der Waals surface area contributed by atoms with Gasteiger partial charge in [-0.1, -0.05) is 18.2 Å². The lowest BCUT2D eigenvalue weighted by Gasteiger charge is -2.23. The Morgan fingerprint density at radius 3 is 2.27 bits per heavy atom. The van der Waals surface area contributed by atoms with E-state index in [4.69, 9.17) is 0 Å². The number of amides is 2. The predicted molar refractivity (Wildman–Crippen MR) is 85.1 cm³/mol. The fraction of sp³-hybridized carbons (Fsp3) is 0.429. The Morgan fingerprint density at radius 1 is 1.18 bits per heavy atom. The minimum absolute atomic E-state index is 0.169. The Bertz CT molecular complexity index is 656. The van der Waals surface area contributed by atoms with Crippen LogP contribution in [0.1, 0.15) is 5.56 Å². The summed E-state index contributed by atoms with van der Waals surface area (Å²) in [5, 5.41) is 2.42. The number of benzene rings is 1. The zero-order chi connectivity index (χ0) is 16.9. The molecule has 0 heterocycles. The predicted octanol–water partition coefficient (Wildman–Crippen LogP) is -0.0346. The monoisotopic (exact) mass is 327 g/mol. The summed E-state index contributed by atoms with van der Waals surface area (Å²) in [5.74, 6) is -0.806. The van der Waals surface area contributed by atoms with E-state index in [1.165, 1.54) is 4.90 Å². The van der Waals surface area contributed by atoms with E-state index in [1.807, 2.05) is 0 Å². The number of hydrogen-bond acceptors (Lipinski definition) is 4. The van der Waals surface area contributed by atoms with Gasteiger partial charge in [0.2, 0.25) is 21.8 Å². The molecule has 0 atom stereocenters. The van der Waals surface area contributed by atoms with Crippen molar-refractivity contribution in [2.75, 3.05) is 37.7 Å². The van der Waals surface area contributed by atoms with E-state index in [-0.39, 0.29) is 19.0 Å². The van der Waals surface area contributed by atoms with Gasteiger partial charge >= 0.3 is 0 Å². The largest absolute Gasteiger partial charge is 0.347 e. The van der Waals surface area contributed by atoms with Crippen LogP contribution in [0.5, 0.6) is 0 Å².